The molecule has 0 radical (unpaired) electrons. The molecule has 0 saturated carbocycles. The van der Waals surface area contributed by atoms with Gasteiger partial charge in [-0.05, 0) is 43.9 Å². The SMILES string of the molecule is CNC1CCc2ccc([N+](=O)[O-])cc2CC1. The fourth-order valence-electron chi connectivity index (χ4n) is 2.29. The van der Waals surface area contributed by atoms with E-state index in [1.807, 2.05) is 13.1 Å². The van der Waals surface area contributed by atoms with E-state index in [-0.39, 0.29) is 10.6 Å². The van der Waals surface area contributed by atoms with E-state index in [9.17, 15) is 10.1 Å². The Hall–Kier alpha value is -1.42. The van der Waals surface area contributed by atoms with Gasteiger partial charge in [0.05, 0.1) is 4.92 Å². The van der Waals surface area contributed by atoms with Gasteiger partial charge in [0.2, 0.25) is 0 Å². The number of hydrogen-bond donors (Lipinski definition) is 1. The molecule has 4 nitrogen and oxygen atoms in total. The molecular formula is C12H16N2O2. The van der Waals surface area contributed by atoms with Crippen LogP contribution < -0.4 is 5.32 Å². The predicted octanol–water partition coefficient (Wildman–Crippen LogP) is 2.06. The van der Waals surface area contributed by atoms with Crippen molar-refractivity contribution in [2.75, 3.05) is 7.05 Å². The lowest BCUT2D eigenvalue weighted by atomic mass is 10.0. The summed E-state index contributed by atoms with van der Waals surface area (Å²) in [6.07, 6.45) is 4.12. The Morgan fingerprint density at radius 3 is 2.62 bits per heavy atom. The number of fused-ring (bicyclic) bond motifs is 1. The van der Waals surface area contributed by atoms with Crippen LogP contribution in [-0.4, -0.2) is 18.0 Å². The predicted molar refractivity (Wildman–Crippen MR) is 62.6 cm³/mol. The third-order valence-electron chi connectivity index (χ3n) is 3.33. The van der Waals surface area contributed by atoms with E-state index in [0.717, 1.165) is 31.2 Å². The van der Waals surface area contributed by atoms with Crippen molar-refractivity contribution < 1.29 is 4.92 Å². The minimum atomic E-state index is -0.319. The number of hydrogen-bond acceptors (Lipinski definition) is 3. The molecule has 0 aliphatic heterocycles. The van der Waals surface area contributed by atoms with Gasteiger partial charge in [0.15, 0.2) is 0 Å². The van der Waals surface area contributed by atoms with Gasteiger partial charge in [0.1, 0.15) is 0 Å². The molecule has 1 aliphatic carbocycles. The van der Waals surface area contributed by atoms with E-state index in [1.165, 1.54) is 5.56 Å². The van der Waals surface area contributed by atoms with E-state index in [1.54, 1.807) is 12.1 Å². The number of nitrogens with zero attached hydrogens (tertiary/aromatic N) is 1. The van der Waals surface area contributed by atoms with Crippen LogP contribution in [0.1, 0.15) is 24.0 Å². The van der Waals surface area contributed by atoms with E-state index in [0.29, 0.717) is 6.04 Å². The minimum Gasteiger partial charge on any atom is -0.317 e. The van der Waals surface area contributed by atoms with Crippen molar-refractivity contribution in [1.29, 1.82) is 0 Å². The maximum Gasteiger partial charge on any atom is 0.269 e. The summed E-state index contributed by atoms with van der Waals surface area (Å²) in [5.74, 6) is 0. The number of aryl methyl sites for hydroxylation is 2. The molecule has 1 aromatic rings. The van der Waals surface area contributed by atoms with Crippen LogP contribution in [-0.2, 0) is 12.8 Å². The summed E-state index contributed by atoms with van der Waals surface area (Å²) in [5, 5.41) is 14.0. The Balaban J connectivity index is 2.25. The number of benzene rings is 1. The van der Waals surface area contributed by atoms with Crippen LogP contribution in [0.4, 0.5) is 5.69 Å². The zero-order valence-corrected chi connectivity index (χ0v) is 9.40. The quantitative estimate of drug-likeness (QED) is 0.471. The van der Waals surface area contributed by atoms with E-state index in [4.69, 9.17) is 0 Å². The molecule has 0 spiro atoms. The van der Waals surface area contributed by atoms with Crippen LogP contribution in [0.5, 0.6) is 0 Å². The lowest BCUT2D eigenvalue weighted by Gasteiger charge is -2.11. The van der Waals surface area contributed by atoms with Gasteiger partial charge >= 0.3 is 0 Å². The summed E-state index contributed by atoms with van der Waals surface area (Å²) in [4.78, 5) is 10.4. The molecule has 1 aromatic carbocycles. The van der Waals surface area contributed by atoms with Crippen LogP contribution in [0.3, 0.4) is 0 Å². The molecule has 1 atom stereocenters. The van der Waals surface area contributed by atoms with Gasteiger partial charge in [-0.25, -0.2) is 0 Å². The maximum absolute atomic E-state index is 10.7. The Labute approximate surface area is 94.8 Å². The van der Waals surface area contributed by atoms with Gasteiger partial charge in [-0.1, -0.05) is 6.07 Å². The molecule has 2 rings (SSSR count). The highest BCUT2D eigenvalue weighted by molar-refractivity contribution is 5.40. The summed E-state index contributed by atoms with van der Waals surface area (Å²) in [6, 6.07) is 5.78. The fraction of sp³-hybridized carbons (Fsp3) is 0.500. The first kappa shape index (κ1) is 11.1. The smallest absolute Gasteiger partial charge is 0.269 e. The summed E-state index contributed by atoms with van der Waals surface area (Å²) in [6.45, 7) is 0. The average molecular weight is 220 g/mol. The second-order valence-corrected chi connectivity index (χ2v) is 4.27. The van der Waals surface area contributed by atoms with E-state index in [2.05, 4.69) is 5.32 Å². The molecular weight excluding hydrogens is 204 g/mol. The van der Waals surface area contributed by atoms with Crippen LogP contribution in [0.15, 0.2) is 18.2 Å². The largest absolute Gasteiger partial charge is 0.317 e. The van der Waals surface area contributed by atoms with Crippen molar-refractivity contribution in [2.45, 2.75) is 31.7 Å². The van der Waals surface area contributed by atoms with Crippen LogP contribution >= 0.6 is 0 Å². The van der Waals surface area contributed by atoms with Crippen molar-refractivity contribution >= 4 is 5.69 Å². The van der Waals surface area contributed by atoms with E-state index < -0.39 is 0 Å². The molecule has 0 saturated heterocycles. The zero-order chi connectivity index (χ0) is 11.5. The Kier molecular flexibility index (Phi) is 3.19. The molecule has 0 bridgehead atoms. The Morgan fingerprint density at radius 2 is 2.00 bits per heavy atom. The maximum atomic E-state index is 10.7. The van der Waals surface area contributed by atoms with Gasteiger partial charge in [-0.15, -0.1) is 0 Å². The lowest BCUT2D eigenvalue weighted by Crippen LogP contribution is -2.24. The molecule has 4 heteroatoms. The van der Waals surface area contributed by atoms with Gasteiger partial charge in [-0.2, -0.15) is 0 Å². The Bertz CT molecular complexity index is 404. The highest BCUT2D eigenvalue weighted by Gasteiger charge is 2.17. The van der Waals surface area contributed by atoms with Gasteiger partial charge in [-0.3, -0.25) is 10.1 Å². The number of non-ortho nitro benzene ring substituents is 1. The van der Waals surface area contributed by atoms with E-state index >= 15 is 0 Å². The molecule has 0 fully saturated rings. The lowest BCUT2D eigenvalue weighted by molar-refractivity contribution is -0.384. The zero-order valence-electron chi connectivity index (χ0n) is 9.40. The normalized spacial score (nSPS) is 19.9. The molecule has 1 unspecified atom stereocenters. The number of nitro benzene ring substituents is 1. The van der Waals surface area contributed by atoms with Crippen LogP contribution in [0.2, 0.25) is 0 Å². The first-order chi connectivity index (χ1) is 7.70. The Morgan fingerprint density at radius 1 is 1.31 bits per heavy atom. The van der Waals surface area contributed by atoms with Gasteiger partial charge in [0, 0.05) is 18.2 Å². The third-order valence-corrected chi connectivity index (χ3v) is 3.33. The number of nitrogens with one attached hydrogen (secondary N) is 1. The van der Waals surface area contributed by atoms with Crippen molar-refractivity contribution in [3.63, 3.8) is 0 Å². The minimum absolute atomic E-state index is 0.210. The second kappa shape index (κ2) is 4.61. The molecule has 0 amide bonds. The highest BCUT2D eigenvalue weighted by Crippen LogP contribution is 2.24. The molecule has 1 aliphatic rings. The molecule has 1 N–H and O–H groups in total. The summed E-state index contributed by atoms with van der Waals surface area (Å²) in [5.41, 5.74) is 2.62. The van der Waals surface area contributed by atoms with Crippen molar-refractivity contribution in [2.24, 2.45) is 0 Å². The first-order valence-electron chi connectivity index (χ1n) is 5.64. The average Bonchev–Trinajstić information content (AvgIpc) is 2.50. The van der Waals surface area contributed by atoms with Crippen molar-refractivity contribution in [3.05, 3.63) is 39.4 Å². The standard InChI is InChI=1S/C12H16N2O2/c1-13-11-5-2-9-4-7-12(14(15)16)8-10(9)3-6-11/h4,7-8,11,13H,2-3,5-6H2,1H3. The van der Waals surface area contributed by atoms with Crippen LogP contribution in [0, 0.1) is 10.1 Å². The second-order valence-electron chi connectivity index (χ2n) is 4.27. The summed E-state index contributed by atoms with van der Waals surface area (Å²) < 4.78 is 0. The third kappa shape index (κ3) is 2.22. The number of rotatable bonds is 2. The summed E-state index contributed by atoms with van der Waals surface area (Å²) in [7, 11) is 1.98. The van der Waals surface area contributed by atoms with Crippen molar-refractivity contribution in [3.8, 4) is 0 Å². The van der Waals surface area contributed by atoms with Crippen molar-refractivity contribution in [1.82, 2.24) is 5.32 Å². The first-order valence-corrected chi connectivity index (χ1v) is 5.64. The molecule has 16 heavy (non-hydrogen) atoms. The number of nitro groups is 1. The topological polar surface area (TPSA) is 55.2 Å². The van der Waals surface area contributed by atoms with Crippen LogP contribution in [0.25, 0.3) is 0 Å². The van der Waals surface area contributed by atoms with Gasteiger partial charge < -0.3 is 5.32 Å². The monoisotopic (exact) mass is 220 g/mol. The fourth-order valence-corrected chi connectivity index (χ4v) is 2.29. The molecule has 86 valence electrons. The highest BCUT2D eigenvalue weighted by atomic mass is 16.6. The molecule has 0 heterocycles. The summed E-state index contributed by atoms with van der Waals surface area (Å²) >= 11 is 0. The molecule has 0 aromatic heterocycles. The van der Waals surface area contributed by atoms with Gasteiger partial charge in [0.25, 0.3) is 5.69 Å².